The molecule has 7 heteroatoms. The largest absolute Gasteiger partial charge is 0.495 e. The first kappa shape index (κ1) is 19.7. The number of nitrogens with zero attached hydrogens (tertiary/aromatic N) is 2. The lowest BCUT2D eigenvalue weighted by atomic mass is 10.0. The number of thioether (sulfide) groups is 1. The van der Waals surface area contributed by atoms with Crippen molar-refractivity contribution in [1.29, 1.82) is 0 Å². The standard InChI is InChI=1S/C20H28N4O2S/c1-13-8-10-17(26-3)16(12-13)21-19(25)14(2)27-20-22-18(23-24-20)11-9-15-6-4-5-7-15/h8,10,12,14-15H,4-7,9,11H2,1-3H3,(H,21,25)(H,22,23,24). The first-order valence-electron chi connectivity index (χ1n) is 9.58. The van der Waals surface area contributed by atoms with Crippen molar-refractivity contribution in [2.24, 2.45) is 5.92 Å². The summed E-state index contributed by atoms with van der Waals surface area (Å²) >= 11 is 1.36. The van der Waals surface area contributed by atoms with Crippen LogP contribution in [0, 0.1) is 12.8 Å². The minimum atomic E-state index is -0.311. The first-order valence-corrected chi connectivity index (χ1v) is 10.5. The molecule has 3 rings (SSSR count). The van der Waals surface area contributed by atoms with Gasteiger partial charge >= 0.3 is 0 Å². The number of aromatic amines is 1. The molecule has 146 valence electrons. The average Bonchev–Trinajstić information content (AvgIpc) is 3.32. The Kier molecular flexibility index (Phi) is 6.77. The van der Waals surface area contributed by atoms with Crippen LogP contribution < -0.4 is 10.1 Å². The van der Waals surface area contributed by atoms with Crippen LogP contribution in [0.4, 0.5) is 5.69 Å². The minimum Gasteiger partial charge on any atom is -0.495 e. The number of nitrogens with one attached hydrogen (secondary N) is 2. The summed E-state index contributed by atoms with van der Waals surface area (Å²) in [6.45, 7) is 3.84. The first-order chi connectivity index (χ1) is 13.0. The van der Waals surface area contributed by atoms with Gasteiger partial charge in [0.1, 0.15) is 11.6 Å². The quantitative estimate of drug-likeness (QED) is 0.657. The molecule has 1 atom stereocenters. The van der Waals surface area contributed by atoms with Crippen LogP contribution in [0.3, 0.4) is 0 Å². The van der Waals surface area contributed by atoms with E-state index in [1.54, 1.807) is 7.11 Å². The summed E-state index contributed by atoms with van der Waals surface area (Å²) in [5, 5.41) is 10.5. The molecule has 1 aliphatic rings. The number of carbonyl (C=O) groups is 1. The third kappa shape index (κ3) is 5.48. The van der Waals surface area contributed by atoms with E-state index in [-0.39, 0.29) is 11.2 Å². The highest BCUT2D eigenvalue weighted by molar-refractivity contribution is 8.00. The Bertz CT molecular complexity index is 771. The second kappa shape index (κ2) is 9.26. The highest BCUT2D eigenvalue weighted by Crippen LogP contribution is 2.29. The van der Waals surface area contributed by atoms with Crippen molar-refractivity contribution in [2.45, 2.75) is 62.8 Å². The van der Waals surface area contributed by atoms with Crippen molar-refractivity contribution in [2.75, 3.05) is 12.4 Å². The predicted octanol–water partition coefficient (Wildman–Crippen LogP) is 4.36. The minimum absolute atomic E-state index is 0.0961. The summed E-state index contributed by atoms with van der Waals surface area (Å²) in [7, 11) is 1.60. The number of ether oxygens (including phenoxy) is 1. The third-order valence-electron chi connectivity index (χ3n) is 5.04. The Morgan fingerprint density at radius 3 is 2.93 bits per heavy atom. The molecule has 27 heavy (non-hydrogen) atoms. The van der Waals surface area contributed by atoms with Crippen molar-refractivity contribution in [3.8, 4) is 5.75 Å². The summed E-state index contributed by atoms with van der Waals surface area (Å²) in [5.41, 5.74) is 1.74. The van der Waals surface area contributed by atoms with E-state index in [9.17, 15) is 4.79 Å². The Morgan fingerprint density at radius 2 is 2.19 bits per heavy atom. The number of aromatic nitrogens is 3. The molecule has 0 saturated heterocycles. The molecule has 1 heterocycles. The molecule has 0 radical (unpaired) electrons. The highest BCUT2D eigenvalue weighted by atomic mass is 32.2. The second-order valence-corrected chi connectivity index (χ2v) is 8.51. The fraction of sp³-hybridized carbons (Fsp3) is 0.550. The summed E-state index contributed by atoms with van der Waals surface area (Å²) in [5.74, 6) is 2.30. The number of H-pyrrole nitrogens is 1. The van der Waals surface area contributed by atoms with Gasteiger partial charge in [-0.25, -0.2) is 4.98 Å². The van der Waals surface area contributed by atoms with E-state index in [1.807, 2.05) is 32.0 Å². The summed E-state index contributed by atoms with van der Waals surface area (Å²) in [6, 6.07) is 5.71. The molecule has 0 aliphatic heterocycles. The number of anilines is 1. The molecule has 1 saturated carbocycles. The maximum atomic E-state index is 12.5. The van der Waals surface area contributed by atoms with Gasteiger partial charge in [-0.2, -0.15) is 0 Å². The highest BCUT2D eigenvalue weighted by Gasteiger charge is 2.20. The smallest absolute Gasteiger partial charge is 0.237 e. The van der Waals surface area contributed by atoms with Gasteiger partial charge in [0.05, 0.1) is 18.0 Å². The molecule has 1 aromatic heterocycles. The van der Waals surface area contributed by atoms with Crippen molar-refractivity contribution in [1.82, 2.24) is 15.2 Å². The molecule has 0 bridgehead atoms. The lowest BCUT2D eigenvalue weighted by molar-refractivity contribution is -0.115. The van der Waals surface area contributed by atoms with Gasteiger partial charge in [0.2, 0.25) is 11.1 Å². The van der Waals surface area contributed by atoms with Crippen LogP contribution in [0.1, 0.15) is 50.4 Å². The average molecular weight is 389 g/mol. The molecule has 1 fully saturated rings. The summed E-state index contributed by atoms with van der Waals surface area (Å²) in [4.78, 5) is 17.1. The van der Waals surface area contributed by atoms with Gasteiger partial charge in [0, 0.05) is 6.42 Å². The van der Waals surface area contributed by atoms with Crippen molar-refractivity contribution in [3.63, 3.8) is 0 Å². The van der Waals surface area contributed by atoms with Crippen molar-refractivity contribution in [3.05, 3.63) is 29.6 Å². The fourth-order valence-electron chi connectivity index (χ4n) is 3.45. The Balaban J connectivity index is 1.53. The zero-order chi connectivity index (χ0) is 19.2. The molecule has 1 aromatic carbocycles. The van der Waals surface area contributed by atoms with Crippen LogP contribution in [0.5, 0.6) is 5.75 Å². The van der Waals surface area contributed by atoms with E-state index < -0.39 is 0 Å². The lowest BCUT2D eigenvalue weighted by Gasteiger charge is -2.13. The Labute approximate surface area is 164 Å². The van der Waals surface area contributed by atoms with Crippen molar-refractivity contribution >= 4 is 23.4 Å². The fourth-order valence-corrected chi connectivity index (χ4v) is 4.19. The number of rotatable bonds is 8. The van der Waals surface area contributed by atoms with Crippen LogP contribution in [0.2, 0.25) is 0 Å². The van der Waals surface area contributed by atoms with Gasteiger partial charge < -0.3 is 10.1 Å². The molecule has 1 unspecified atom stereocenters. The van der Waals surface area contributed by atoms with Gasteiger partial charge in [0.15, 0.2) is 0 Å². The molecule has 6 nitrogen and oxygen atoms in total. The molecular weight excluding hydrogens is 360 g/mol. The zero-order valence-corrected chi connectivity index (χ0v) is 17.1. The molecule has 2 N–H and O–H groups in total. The molecular formula is C20H28N4O2S. The van der Waals surface area contributed by atoms with Gasteiger partial charge in [-0.15, -0.1) is 5.10 Å². The van der Waals surface area contributed by atoms with E-state index >= 15 is 0 Å². The summed E-state index contributed by atoms with van der Waals surface area (Å²) < 4.78 is 5.32. The molecule has 2 aromatic rings. The normalized spacial score (nSPS) is 15.7. The molecule has 1 amide bonds. The van der Waals surface area contributed by atoms with Crippen LogP contribution >= 0.6 is 11.8 Å². The maximum absolute atomic E-state index is 12.5. The van der Waals surface area contributed by atoms with Crippen LogP contribution in [0.15, 0.2) is 23.4 Å². The van der Waals surface area contributed by atoms with Crippen LogP contribution in [0.25, 0.3) is 0 Å². The lowest BCUT2D eigenvalue weighted by Crippen LogP contribution is -2.22. The van der Waals surface area contributed by atoms with Gasteiger partial charge in [-0.1, -0.05) is 43.5 Å². The van der Waals surface area contributed by atoms with E-state index in [2.05, 4.69) is 20.5 Å². The second-order valence-electron chi connectivity index (χ2n) is 7.21. The van der Waals surface area contributed by atoms with Crippen LogP contribution in [-0.2, 0) is 11.2 Å². The van der Waals surface area contributed by atoms with Gasteiger partial charge in [0.25, 0.3) is 0 Å². The summed E-state index contributed by atoms with van der Waals surface area (Å²) in [6.07, 6.45) is 7.51. The number of hydrogen-bond acceptors (Lipinski definition) is 5. The molecule has 1 aliphatic carbocycles. The predicted molar refractivity (Wildman–Crippen MR) is 108 cm³/mol. The number of methoxy groups -OCH3 is 1. The van der Waals surface area contributed by atoms with E-state index in [4.69, 9.17) is 4.74 Å². The van der Waals surface area contributed by atoms with Gasteiger partial charge in [-0.05, 0) is 43.9 Å². The monoisotopic (exact) mass is 388 g/mol. The van der Waals surface area contributed by atoms with E-state index in [0.717, 1.165) is 23.7 Å². The number of benzene rings is 1. The number of amides is 1. The SMILES string of the molecule is COc1ccc(C)cc1NC(=O)C(C)Sc1n[nH]c(CCC2CCCC2)n1. The molecule has 0 spiro atoms. The maximum Gasteiger partial charge on any atom is 0.237 e. The van der Waals surface area contributed by atoms with Crippen molar-refractivity contribution < 1.29 is 9.53 Å². The van der Waals surface area contributed by atoms with Crippen LogP contribution in [-0.4, -0.2) is 33.4 Å². The Hall–Kier alpha value is -2.02. The Morgan fingerprint density at radius 1 is 1.41 bits per heavy atom. The van der Waals surface area contributed by atoms with Gasteiger partial charge in [-0.3, -0.25) is 9.89 Å². The van der Waals surface area contributed by atoms with E-state index in [0.29, 0.717) is 16.6 Å². The van der Waals surface area contributed by atoms with E-state index in [1.165, 1.54) is 43.9 Å². The number of hydrogen-bond donors (Lipinski definition) is 2. The number of carbonyl (C=O) groups excluding carboxylic acids is 1. The topological polar surface area (TPSA) is 79.9 Å². The third-order valence-corrected chi connectivity index (χ3v) is 6.00. The zero-order valence-electron chi connectivity index (χ0n) is 16.2. The number of aryl methyl sites for hydroxylation is 2.